The number of likely N-dealkylation sites (N-methyl/N-ethyl adjacent to an activating group) is 1. The molecule has 0 bridgehead atoms. The molecule has 1 aliphatic rings. The fourth-order valence-corrected chi connectivity index (χ4v) is 2.84. The third-order valence-electron chi connectivity index (χ3n) is 4.32. The Morgan fingerprint density at radius 1 is 1.22 bits per heavy atom. The van der Waals surface area contributed by atoms with Crippen molar-refractivity contribution in [1.82, 2.24) is 4.90 Å². The van der Waals surface area contributed by atoms with Crippen LogP contribution in [0.3, 0.4) is 0 Å². The summed E-state index contributed by atoms with van der Waals surface area (Å²) in [7, 11) is 2.14. The van der Waals surface area contributed by atoms with Gasteiger partial charge >= 0.3 is 0 Å². The van der Waals surface area contributed by atoms with Gasteiger partial charge in [-0.1, -0.05) is 31.0 Å². The lowest BCUT2D eigenvalue weighted by molar-refractivity contribution is 0.105. The zero-order valence-corrected chi connectivity index (χ0v) is 11.8. The van der Waals surface area contributed by atoms with Gasteiger partial charge < -0.3 is 10.0 Å². The fraction of sp³-hybridized carbons (Fsp3) is 0.625. The van der Waals surface area contributed by atoms with Crippen LogP contribution in [0.5, 0.6) is 0 Å². The summed E-state index contributed by atoms with van der Waals surface area (Å²) in [4.78, 5) is 2.33. The van der Waals surface area contributed by atoms with Crippen LogP contribution in [-0.4, -0.2) is 29.6 Å². The molecule has 2 rings (SSSR count). The molecule has 1 aliphatic carbocycles. The van der Waals surface area contributed by atoms with Crippen molar-refractivity contribution in [2.75, 3.05) is 13.6 Å². The number of aryl methyl sites for hydroxylation is 2. The van der Waals surface area contributed by atoms with Crippen LogP contribution in [0.2, 0.25) is 0 Å². The van der Waals surface area contributed by atoms with E-state index in [2.05, 4.69) is 44.0 Å². The van der Waals surface area contributed by atoms with Crippen LogP contribution in [0.25, 0.3) is 0 Å². The Balaban J connectivity index is 1.97. The van der Waals surface area contributed by atoms with Crippen LogP contribution in [0.15, 0.2) is 18.2 Å². The minimum Gasteiger partial charge on any atom is -0.387 e. The molecule has 2 heteroatoms. The molecule has 1 fully saturated rings. The second-order valence-electron chi connectivity index (χ2n) is 5.74. The molecule has 0 aromatic heterocycles. The zero-order chi connectivity index (χ0) is 13.1. The van der Waals surface area contributed by atoms with Crippen molar-refractivity contribution in [2.45, 2.75) is 51.7 Å². The molecule has 0 aliphatic heterocycles. The number of aliphatic hydroxyl groups is 1. The van der Waals surface area contributed by atoms with Crippen molar-refractivity contribution in [1.29, 1.82) is 0 Å². The quantitative estimate of drug-likeness (QED) is 0.883. The maximum Gasteiger partial charge on any atom is 0.0917 e. The van der Waals surface area contributed by atoms with Crippen LogP contribution in [0.4, 0.5) is 0 Å². The minimum absolute atomic E-state index is 0.366. The van der Waals surface area contributed by atoms with Gasteiger partial charge in [-0.05, 0) is 50.4 Å². The monoisotopic (exact) mass is 247 g/mol. The maximum atomic E-state index is 10.3. The lowest BCUT2D eigenvalue weighted by atomic mass is 10.0. The maximum absolute atomic E-state index is 10.3. The molecule has 1 aromatic rings. The van der Waals surface area contributed by atoms with E-state index in [0.29, 0.717) is 6.04 Å². The smallest absolute Gasteiger partial charge is 0.0917 e. The highest BCUT2D eigenvalue weighted by Gasteiger charge is 2.21. The van der Waals surface area contributed by atoms with Gasteiger partial charge in [-0.2, -0.15) is 0 Å². The van der Waals surface area contributed by atoms with E-state index >= 15 is 0 Å². The van der Waals surface area contributed by atoms with Crippen LogP contribution in [-0.2, 0) is 0 Å². The molecule has 100 valence electrons. The number of hydrogen-bond donors (Lipinski definition) is 1. The number of aliphatic hydroxyl groups excluding tert-OH is 1. The summed E-state index contributed by atoms with van der Waals surface area (Å²) in [6.07, 6.45) is 4.89. The molecule has 2 nitrogen and oxygen atoms in total. The Hall–Kier alpha value is -0.860. The summed E-state index contributed by atoms with van der Waals surface area (Å²) in [5.41, 5.74) is 3.59. The van der Waals surface area contributed by atoms with Gasteiger partial charge in [-0.3, -0.25) is 0 Å². The predicted octanol–water partition coefficient (Wildman–Crippen LogP) is 3.21. The van der Waals surface area contributed by atoms with Gasteiger partial charge in [-0.15, -0.1) is 0 Å². The number of benzene rings is 1. The molecular formula is C16H25NO. The summed E-state index contributed by atoms with van der Waals surface area (Å²) >= 11 is 0. The number of rotatable bonds is 4. The van der Waals surface area contributed by atoms with Gasteiger partial charge in [0.1, 0.15) is 0 Å². The van der Waals surface area contributed by atoms with E-state index in [1.165, 1.54) is 36.8 Å². The van der Waals surface area contributed by atoms with Gasteiger partial charge in [0.15, 0.2) is 0 Å². The average Bonchev–Trinajstić information content (AvgIpc) is 2.86. The van der Waals surface area contributed by atoms with Crippen LogP contribution in [0.1, 0.15) is 48.5 Å². The van der Waals surface area contributed by atoms with Gasteiger partial charge in [0.25, 0.3) is 0 Å². The van der Waals surface area contributed by atoms with Crippen LogP contribution < -0.4 is 0 Å². The van der Waals surface area contributed by atoms with E-state index in [4.69, 9.17) is 0 Å². The molecule has 1 unspecified atom stereocenters. The Bertz CT molecular complexity index is 396. The Morgan fingerprint density at radius 2 is 1.89 bits per heavy atom. The number of hydrogen-bond acceptors (Lipinski definition) is 2. The predicted molar refractivity (Wildman–Crippen MR) is 75.8 cm³/mol. The van der Waals surface area contributed by atoms with E-state index < -0.39 is 0 Å². The highest BCUT2D eigenvalue weighted by molar-refractivity contribution is 5.31. The Kier molecular flexibility index (Phi) is 4.41. The molecule has 18 heavy (non-hydrogen) atoms. The van der Waals surface area contributed by atoms with E-state index in [9.17, 15) is 5.11 Å². The summed E-state index contributed by atoms with van der Waals surface area (Å²) in [5.74, 6) is 0. The molecule has 0 heterocycles. The topological polar surface area (TPSA) is 23.5 Å². The van der Waals surface area contributed by atoms with Gasteiger partial charge in [0, 0.05) is 12.6 Å². The second kappa shape index (κ2) is 5.85. The van der Waals surface area contributed by atoms with Gasteiger partial charge in [-0.25, -0.2) is 0 Å². The first-order valence-electron chi connectivity index (χ1n) is 7.03. The summed E-state index contributed by atoms with van der Waals surface area (Å²) < 4.78 is 0. The first-order chi connectivity index (χ1) is 8.58. The molecule has 0 spiro atoms. The molecule has 0 saturated heterocycles. The van der Waals surface area contributed by atoms with E-state index in [-0.39, 0.29) is 6.10 Å². The third kappa shape index (κ3) is 3.12. The van der Waals surface area contributed by atoms with Crippen molar-refractivity contribution in [3.8, 4) is 0 Å². The molecule has 1 saturated carbocycles. The van der Waals surface area contributed by atoms with E-state index in [0.717, 1.165) is 12.1 Å². The molecule has 0 amide bonds. The SMILES string of the molecule is Cc1ccc(C(O)CN(C)C2CCCC2)cc1C. The lowest BCUT2D eigenvalue weighted by Crippen LogP contribution is -2.33. The molecule has 1 N–H and O–H groups in total. The molecule has 1 aromatic carbocycles. The van der Waals surface area contributed by atoms with Crippen molar-refractivity contribution in [2.24, 2.45) is 0 Å². The minimum atomic E-state index is -0.366. The first kappa shape index (κ1) is 13.6. The largest absolute Gasteiger partial charge is 0.387 e. The Labute approximate surface area is 111 Å². The Morgan fingerprint density at radius 3 is 2.50 bits per heavy atom. The molecule has 1 atom stereocenters. The van der Waals surface area contributed by atoms with Crippen LogP contribution >= 0.6 is 0 Å². The van der Waals surface area contributed by atoms with E-state index in [1.807, 2.05) is 0 Å². The number of nitrogens with zero attached hydrogens (tertiary/aromatic N) is 1. The van der Waals surface area contributed by atoms with Crippen LogP contribution in [0, 0.1) is 13.8 Å². The van der Waals surface area contributed by atoms with E-state index in [1.54, 1.807) is 0 Å². The molecule has 0 radical (unpaired) electrons. The van der Waals surface area contributed by atoms with Crippen molar-refractivity contribution < 1.29 is 5.11 Å². The second-order valence-corrected chi connectivity index (χ2v) is 5.74. The molecular weight excluding hydrogens is 222 g/mol. The normalized spacial score (nSPS) is 18.5. The summed E-state index contributed by atoms with van der Waals surface area (Å²) in [6, 6.07) is 6.94. The zero-order valence-electron chi connectivity index (χ0n) is 11.8. The van der Waals surface area contributed by atoms with Crippen molar-refractivity contribution >= 4 is 0 Å². The highest BCUT2D eigenvalue weighted by atomic mass is 16.3. The fourth-order valence-electron chi connectivity index (χ4n) is 2.84. The third-order valence-corrected chi connectivity index (χ3v) is 4.32. The van der Waals surface area contributed by atoms with Crippen molar-refractivity contribution in [3.63, 3.8) is 0 Å². The van der Waals surface area contributed by atoms with Crippen molar-refractivity contribution in [3.05, 3.63) is 34.9 Å². The summed E-state index contributed by atoms with van der Waals surface area (Å²) in [6.45, 7) is 4.95. The highest BCUT2D eigenvalue weighted by Crippen LogP contribution is 2.25. The standard InChI is InChI=1S/C16H25NO/c1-12-8-9-14(10-13(12)2)16(18)11-17(3)15-6-4-5-7-15/h8-10,15-16,18H,4-7,11H2,1-3H3. The van der Waals surface area contributed by atoms with Gasteiger partial charge in [0.05, 0.1) is 6.10 Å². The summed E-state index contributed by atoms with van der Waals surface area (Å²) in [5, 5.41) is 10.3. The average molecular weight is 247 g/mol. The lowest BCUT2D eigenvalue weighted by Gasteiger charge is -2.26. The first-order valence-corrected chi connectivity index (χ1v) is 7.03. The van der Waals surface area contributed by atoms with Gasteiger partial charge in [0.2, 0.25) is 0 Å².